The van der Waals surface area contributed by atoms with Crippen LogP contribution in [0.15, 0.2) is 23.1 Å². The number of methoxy groups -OCH3 is 1. The zero-order chi connectivity index (χ0) is 14.0. The van der Waals surface area contributed by atoms with E-state index in [9.17, 15) is 4.79 Å². The Kier molecular flexibility index (Phi) is 3.94. The van der Waals surface area contributed by atoms with Crippen molar-refractivity contribution in [1.29, 1.82) is 0 Å². The van der Waals surface area contributed by atoms with Gasteiger partial charge in [-0.25, -0.2) is 9.97 Å². The first-order valence-corrected chi connectivity index (χ1v) is 6.47. The number of hydrogen-bond acceptors (Lipinski definition) is 5. The minimum Gasteiger partial charge on any atom is -0.481 e. The highest BCUT2D eigenvalue weighted by Gasteiger charge is 2.21. The molecule has 0 fully saturated rings. The Hall–Kier alpha value is -1.76. The van der Waals surface area contributed by atoms with Crippen molar-refractivity contribution in [3.63, 3.8) is 0 Å². The van der Waals surface area contributed by atoms with Gasteiger partial charge < -0.3 is 4.74 Å². The summed E-state index contributed by atoms with van der Waals surface area (Å²) in [5, 5.41) is 4.18. The molecule has 0 aromatic carbocycles. The van der Waals surface area contributed by atoms with E-state index in [2.05, 4.69) is 31.0 Å². The second-order valence-corrected chi connectivity index (χ2v) is 5.01. The fraction of sp³-hybridized carbons (Fsp3) is 0.333. The number of halogens is 1. The fourth-order valence-electron chi connectivity index (χ4n) is 1.64. The van der Waals surface area contributed by atoms with Gasteiger partial charge in [-0.1, -0.05) is 0 Å². The molecule has 0 N–H and O–H groups in total. The standard InChI is InChI=1S/C12H13BrN4O2/c1-7(2)17-11(8(13)5-16-17)12(18)9-4-10(19-3)15-6-14-9/h4-7H,1-3H3. The van der Waals surface area contributed by atoms with Gasteiger partial charge in [0.2, 0.25) is 11.7 Å². The van der Waals surface area contributed by atoms with Crippen molar-refractivity contribution >= 4 is 21.7 Å². The minimum atomic E-state index is -0.223. The van der Waals surface area contributed by atoms with Crippen molar-refractivity contribution in [1.82, 2.24) is 19.7 Å². The van der Waals surface area contributed by atoms with E-state index >= 15 is 0 Å². The highest BCUT2D eigenvalue weighted by Crippen LogP contribution is 2.22. The summed E-state index contributed by atoms with van der Waals surface area (Å²) in [6.07, 6.45) is 2.90. The Labute approximate surface area is 119 Å². The van der Waals surface area contributed by atoms with Gasteiger partial charge in [-0.2, -0.15) is 5.10 Å². The summed E-state index contributed by atoms with van der Waals surface area (Å²) in [6, 6.07) is 1.58. The topological polar surface area (TPSA) is 69.9 Å². The molecule has 0 aliphatic rings. The van der Waals surface area contributed by atoms with Gasteiger partial charge >= 0.3 is 0 Å². The van der Waals surface area contributed by atoms with Gasteiger partial charge in [0, 0.05) is 12.1 Å². The van der Waals surface area contributed by atoms with E-state index in [0.717, 1.165) is 0 Å². The molecule has 0 radical (unpaired) electrons. The molecule has 100 valence electrons. The molecule has 2 rings (SSSR count). The summed E-state index contributed by atoms with van der Waals surface area (Å²) in [7, 11) is 1.49. The lowest BCUT2D eigenvalue weighted by Gasteiger charge is -2.10. The van der Waals surface area contributed by atoms with Gasteiger partial charge in [0.25, 0.3) is 0 Å². The molecule has 0 aliphatic carbocycles. The molecule has 6 nitrogen and oxygen atoms in total. The predicted molar refractivity (Wildman–Crippen MR) is 72.3 cm³/mol. The summed E-state index contributed by atoms with van der Waals surface area (Å²) in [5.41, 5.74) is 0.741. The summed E-state index contributed by atoms with van der Waals surface area (Å²) >= 11 is 3.34. The molecule has 0 aliphatic heterocycles. The predicted octanol–water partition coefficient (Wildman–Crippen LogP) is 2.26. The average Bonchev–Trinajstić information content (AvgIpc) is 2.80. The van der Waals surface area contributed by atoms with E-state index in [-0.39, 0.29) is 17.5 Å². The van der Waals surface area contributed by atoms with E-state index in [0.29, 0.717) is 16.0 Å². The maximum atomic E-state index is 12.5. The third-order valence-electron chi connectivity index (χ3n) is 2.54. The lowest BCUT2D eigenvalue weighted by Crippen LogP contribution is -2.15. The van der Waals surface area contributed by atoms with Crippen molar-refractivity contribution in [2.75, 3.05) is 7.11 Å². The first-order valence-electron chi connectivity index (χ1n) is 5.68. The van der Waals surface area contributed by atoms with E-state index in [4.69, 9.17) is 4.74 Å². The molecule has 2 heterocycles. The highest BCUT2D eigenvalue weighted by molar-refractivity contribution is 9.10. The van der Waals surface area contributed by atoms with E-state index in [1.54, 1.807) is 10.9 Å². The van der Waals surface area contributed by atoms with Gasteiger partial charge in [-0.15, -0.1) is 0 Å². The van der Waals surface area contributed by atoms with Crippen LogP contribution in [-0.4, -0.2) is 32.6 Å². The van der Waals surface area contributed by atoms with E-state index in [1.165, 1.54) is 19.5 Å². The SMILES string of the molecule is COc1cc(C(=O)c2c(Br)cnn2C(C)C)ncn1. The lowest BCUT2D eigenvalue weighted by atomic mass is 10.2. The first kappa shape index (κ1) is 13.7. The monoisotopic (exact) mass is 324 g/mol. The van der Waals surface area contributed by atoms with Gasteiger partial charge in [0.05, 0.1) is 17.8 Å². The Balaban J connectivity index is 2.46. The molecule has 0 atom stereocenters. The maximum Gasteiger partial charge on any atom is 0.230 e. The van der Waals surface area contributed by atoms with Crippen LogP contribution < -0.4 is 4.74 Å². The maximum absolute atomic E-state index is 12.5. The Morgan fingerprint density at radius 3 is 2.79 bits per heavy atom. The average molecular weight is 325 g/mol. The Morgan fingerprint density at radius 1 is 1.42 bits per heavy atom. The lowest BCUT2D eigenvalue weighted by molar-refractivity contribution is 0.102. The zero-order valence-electron chi connectivity index (χ0n) is 10.8. The number of ketones is 1. The molecule has 2 aromatic rings. The van der Waals surface area contributed by atoms with Crippen LogP contribution in [0.1, 0.15) is 36.1 Å². The smallest absolute Gasteiger partial charge is 0.230 e. The highest BCUT2D eigenvalue weighted by atomic mass is 79.9. The number of nitrogens with zero attached hydrogens (tertiary/aromatic N) is 4. The molecule has 0 bridgehead atoms. The number of hydrogen-bond donors (Lipinski definition) is 0. The molecule has 0 saturated carbocycles. The number of carbonyl (C=O) groups excluding carboxylic acids is 1. The van der Waals surface area contributed by atoms with Crippen molar-refractivity contribution in [3.8, 4) is 5.88 Å². The third-order valence-corrected chi connectivity index (χ3v) is 3.12. The summed E-state index contributed by atoms with van der Waals surface area (Å²) < 4.78 is 7.29. The molecule has 0 unspecified atom stereocenters. The molecule has 0 saturated heterocycles. The van der Waals surface area contributed by atoms with Crippen LogP contribution >= 0.6 is 15.9 Å². The molecule has 0 amide bonds. The number of rotatable bonds is 4. The van der Waals surface area contributed by atoms with Crippen LogP contribution in [0.2, 0.25) is 0 Å². The van der Waals surface area contributed by atoms with Crippen LogP contribution in [0.25, 0.3) is 0 Å². The van der Waals surface area contributed by atoms with Crippen LogP contribution in [0.4, 0.5) is 0 Å². The third kappa shape index (κ3) is 2.65. The zero-order valence-corrected chi connectivity index (χ0v) is 12.4. The molecule has 7 heteroatoms. The number of carbonyl (C=O) groups is 1. The largest absolute Gasteiger partial charge is 0.481 e. The van der Waals surface area contributed by atoms with Gasteiger partial charge in [-0.05, 0) is 29.8 Å². The summed E-state index contributed by atoms with van der Waals surface area (Å²) in [5.74, 6) is 0.129. The van der Waals surface area contributed by atoms with Crippen LogP contribution in [0.5, 0.6) is 5.88 Å². The second-order valence-electron chi connectivity index (χ2n) is 4.15. The number of ether oxygens (including phenoxy) is 1. The number of aromatic nitrogens is 4. The molecular weight excluding hydrogens is 312 g/mol. The fourth-order valence-corrected chi connectivity index (χ4v) is 2.10. The van der Waals surface area contributed by atoms with E-state index in [1.807, 2.05) is 13.8 Å². The van der Waals surface area contributed by atoms with Crippen LogP contribution in [-0.2, 0) is 0 Å². The van der Waals surface area contributed by atoms with Crippen LogP contribution in [0.3, 0.4) is 0 Å². The molecular formula is C12H13BrN4O2. The van der Waals surface area contributed by atoms with Crippen molar-refractivity contribution in [2.45, 2.75) is 19.9 Å². The van der Waals surface area contributed by atoms with Gasteiger partial charge in [0.1, 0.15) is 17.7 Å². The first-order chi connectivity index (χ1) is 9.04. The molecule has 19 heavy (non-hydrogen) atoms. The van der Waals surface area contributed by atoms with E-state index < -0.39 is 0 Å². The second kappa shape index (κ2) is 5.48. The minimum absolute atomic E-state index is 0.0778. The quantitative estimate of drug-likeness (QED) is 0.807. The molecule has 0 spiro atoms. The van der Waals surface area contributed by atoms with Crippen LogP contribution in [0, 0.1) is 0 Å². The Bertz CT molecular complexity index is 610. The summed E-state index contributed by atoms with van der Waals surface area (Å²) in [4.78, 5) is 20.3. The van der Waals surface area contributed by atoms with Gasteiger partial charge in [0.15, 0.2) is 0 Å². The van der Waals surface area contributed by atoms with Gasteiger partial charge in [-0.3, -0.25) is 9.48 Å². The van der Waals surface area contributed by atoms with Crippen molar-refractivity contribution in [3.05, 3.63) is 34.5 Å². The van der Waals surface area contributed by atoms with Crippen molar-refractivity contribution < 1.29 is 9.53 Å². The summed E-state index contributed by atoms with van der Waals surface area (Å²) in [6.45, 7) is 3.91. The normalized spacial score (nSPS) is 10.8. The molecule has 2 aromatic heterocycles. The Morgan fingerprint density at radius 2 is 2.16 bits per heavy atom. The van der Waals surface area contributed by atoms with Crippen molar-refractivity contribution in [2.24, 2.45) is 0 Å².